The van der Waals surface area contributed by atoms with Gasteiger partial charge >= 0.3 is 12.1 Å². The largest absolute Gasteiger partial charge is 0.489 e. The fourth-order valence-corrected chi connectivity index (χ4v) is 4.56. The third kappa shape index (κ3) is 6.09. The van der Waals surface area contributed by atoms with Gasteiger partial charge in [0.2, 0.25) is 0 Å². The van der Waals surface area contributed by atoms with Crippen LogP contribution in [0, 0.1) is 0 Å². The number of para-hydroxylation sites is 1. The van der Waals surface area contributed by atoms with Crippen LogP contribution in [-0.2, 0) is 24.0 Å². The van der Waals surface area contributed by atoms with E-state index < -0.39 is 17.7 Å². The molecule has 0 radical (unpaired) electrons. The number of esters is 1. The highest BCUT2D eigenvalue weighted by Gasteiger charge is 2.33. The second-order valence-electron chi connectivity index (χ2n) is 9.08. The number of hydrogen-bond donors (Lipinski definition) is 0. The number of benzene rings is 4. The molecular weight excluding hydrogens is 503 g/mol. The maximum Gasteiger partial charge on any atom is 0.418 e. The number of nitrogens with zero attached hydrogens (tertiary/aromatic N) is 1. The number of rotatable bonds is 7. The van der Waals surface area contributed by atoms with Crippen molar-refractivity contribution in [3.8, 4) is 22.6 Å². The predicted octanol–water partition coefficient (Wildman–Crippen LogP) is 8.02. The molecule has 5 aromatic rings. The number of pyridine rings is 1. The molecule has 0 amide bonds. The molecule has 4 nitrogen and oxygen atoms in total. The van der Waals surface area contributed by atoms with Crippen LogP contribution in [-0.4, -0.2) is 11.0 Å². The minimum absolute atomic E-state index is 0.0922. The highest BCUT2D eigenvalue weighted by Crippen LogP contribution is 2.39. The van der Waals surface area contributed by atoms with E-state index in [1.54, 1.807) is 30.3 Å². The molecule has 0 unspecified atom stereocenters. The molecule has 0 spiro atoms. The summed E-state index contributed by atoms with van der Waals surface area (Å²) >= 11 is 0. The summed E-state index contributed by atoms with van der Waals surface area (Å²) in [5, 5.41) is 0.421. The highest BCUT2D eigenvalue weighted by atomic mass is 19.4. The van der Waals surface area contributed by atoms with Crippen LogP contribution >= 0.6 is 0 Å². The van der Waals surface area contributed by atoms with Gasteiger partial charge in [-0.3, -0.25) is 9.78 Å². The fourth-order valence-electron chi connectivity index (χ4n) is 4.56. The van der Waals surface area contributed by atoms with Crippen molar-refractivity contribution in [2.24, 2.45) is 0 Å². The number of alkyl halides is 3. The normalized spacial score (nSPS) is 11.4. The van der Waals surface area contributed by atoms with Gasteiger partial charge in [0.25, 0.3) is 0 Å². The summed E-state index contributed by atoms with van der Waals surface area (Å²) in [5.41, 5.74) is 3.16. The first-order valence-electron chi connectivity index (χ1n) is 12.3. The smallest absolute Gasteiger partial charge is 0.418 e. The molecule has 0 atom stereocenters. The summed E-state index contributed by atoms with van der Waals surface area (Å²) in [7, 11) is 0. The molecule has 0 saturated carbocycles. The van der Waals surface area contributed by atoms with Crippen molar-refractivity contribution in [1.82, 2.24) is 4.98 Å². The zero-order chi connectivity index (χ0) is 27.4. The lowest BCUT2D eigenvalue weighted by atomic mass is 9.92. The molecule has 1 aromatic heterocycles. The van der Waals surface area contributed by atoms with Crippen molar-refractivity contribution in [3.05, 3.63) is 126 Å². The number of aromatic nitrogens is 1. The van der Waals surface area contributed by atoms with Gasteiger partial charge in [0.05, 0.1) is 11.1 Å². The van der Waals surface area contributed by atoms with Crippen LogP contribution in [0.4, 0.5) is 13.2 Å². The second-order valence-corrected chi connectivity index (χ2v) is 9.08. The molecule has 7 heteroatoms. The van der Waals surface area contributed by atoms with E-state index in [0.29, 0.717) is 28.9 Å². The SMILES string of the molecule is CC(=O)Oc1cccc(COc2cccc(-c3c(Cc4ccccc4)cnc4c(C(F)(F)F)cccc34)c2)c1. The van der Waals surface area contributed by atoms with Crippen LogP contribution in [0.3, 0.4) is 0 Å². The summed E-state index contributed by atoms with van der Waals surface area (Å²) in [4.78, 5) is 15.5. The third-order valence-electron chi connectivity index (χ3n) is 6.21. The number of halogens is 3. The molecule has 1 heterocycles. The molecule has 0 aliphatic carbocycles. The summed E-state index contributed by atoms with van der Waals surface area (Å²) in [6.45, 7) is 1.55. The number of fused-ring (bicyclic) bond motifs is 1. The number of carbonyl (C=O) groups is 1. The molecule has 39 heavy (non-hydrogen) atoms. The van der Waals surface area contributed by atoms with Crippen molar-refractivity contribution in [2.45, 2.75) is 26.1 Å². The lowest BCUT2D eigenvalue weighted by Gasteiger charge is -2.17. The highest BCUT2D eigenvalue weighted by molar-refractivity contribution is 5.98. The van der Waals surface area contributed by atoms with Gasteiger partial charge in [-0.2, -0.15) is 13.2 Å². The Morgan fingerprint density at radius 2 is 1.54 bits per heavy atom. The van der Waals surface area contributed by atoms with Crippen molar-refractivity contribution in [3.63, 3.8) is 0 Å². The zero-order valence-electron chi connectivity index (χ0n) is 21.0. The monoisotopic (exact) mass is 527 g/mol. The first-order chi connectivity index (χ1) is 18.8. The van der Waals surface area contributed by atoms with Gasteiger partial charge in [-0.25, -0.2) is 0 Å². The van der Waals surface area contributed by atoms with Crippen molar-refractivity contribution >= 4 is 16.9 Å². The minimum atomic E-state index is -4.53. The van der Waals surface area contributed by atoms with Crippen LogP contribution in [0.1, 0.15) is 29.2 Å². The molecule has 5 rings (SSSR count). The van der Waals surface area contributed by atoms with E-state index in [1.165, 1.54) is 19.2 Å². The number of ether oxygens (including phenoxy) is 2. The second kappa shape index (κ2) is 11.0. The zero-order valence-corrected chi connectivity index (χ0v) is 21.0. The van der Waals surface area contributed by atoms with E-state index >= 15 is 0 Å². The Hall–Kier alpha value is -4.65. The maximum absolute atomic E-state index is 13.8. The Balaban J connectivity index is 1.54. The van der Waals surface area contributed by atoms with E-state index in [2.05, 4.69) is 4.98 Å². The molecule has 0 N–H and O–H groups in total. The standard InChI is InChI=1S/C32H24F3NO3/c1-21(37)39-27-13-5-10-23(17-27)20-38-26-12-6-11-24(18-26)30-25(16-22-8-3-2-4-9-22)19-36-31-28(30)14-7-15-29(31)32(33,34)35/h2-15,17-19H,16,20H2,1H3. The van der Waals surface area contributed by atoms with Gasteiger partial charge in [-0.05, 0) is 64.6 Å². The van der Waals surface area contributed by atoms with Crippen LogP contribution < -0.4 is 9.47 Å². The van der Waals surface area contributed by atoms with Crippen LogP contribution in [0.15, 0.2) is 103 Å². The van der Waals surface area contributed by atoms with Crippen LogP contribution in [0.25, 0.3) is 22.0 Å². The van der Waals surface area contributed by atoms with Gasteiger partial charge in [0.1, 0.15) is 18.1 Å². The Bertz CT molecular complexity index is 1630. The first-order valence-corrected chi connectivity index (χ1v) is 12.3. The molecule has 0 saturated heterocycles. The minimum Gasteiger partial charge on any atom is -0.489 e. The Kier molecular flexibility index (Phi) is 7.32. The van der Waals surface area contributed by atoms with Gasteiger partial charge < -0.3 is 9.47 Å². The van der Waals surface area contributed by atoms with Gasteiger partial charge in [0, 0.05) is 18.5 Å². The Labute approximate surface area is 223 Å². The predicted molar refractivity (Wildman–Crippen MR) is 144 cm³/mol. The lowest BCUT2D eigenvalue weighted by Crippen LogP contribution is -2.07. The molecule has 4 aromatic carbocycles. The van der Waals surface area contributed by atoms with E-state index in [0.717, 1.165) is 28.3 Å². The van der Waals surface area contributed by atoms with Crippen molar-refractivity contribution < 1.29 is 27.4 Å². The molecule has 0 bridgehead atoms. The van der Waals surface area contributed by atoms with E-state index in [9.17, 15) is 18.0 Å². The number of hydrogen-bond acceptors (Lipinski definition) is 4. The maximum atomic E-state index is 13.8. The first kappa shape index (κ1) is 26.0. The molecule has 0 aliphatic rings. The number of carbonyl (C=O) groups excluding carboxylic acids is 1. The summed E-state index contributed by atoms with van der Waals surface area (Å²) in [6, 6.07) is 28.2. The molecule has 0 aliphatic heterocycles. The summed E-state index contributed by atoms with van der Waals surface area (Å²) in [5.74, 6) is 0.560. The third-order valence-corrected chi connectivity index (χ3v) is 6.21. The Morgan fingerprint density at radius 1 is 0.821 bits per heavy atom. The van der Waals surface area contributed by atoms with Gasteiger partial charge in [-0.15, -0.1) is 0 Å². The van der Waals surface area contributed by atoms with Gasteiger partial charge in [-0.1, -0.05) is 66.7 Å². The van der Waals surface area contributed by atoms with Gasteiger partial charge in [0.15, 0.2) is 0 Å². The molecular formula is C32H24F3NO3. The lowest BCUT2D eigenvalue weighted by molar-refractivity contribution is -0.136. The average molecular weight is 528 g/mol. The summed E-state index contributed by atoms with van der Waals surface area (Å²) < 4.78 is 52.7. The average Bonchev–Trinajstić information content (AvgIpc) is 2.91. The van der Waals surface area contributed by atoms with Crippen LogP contribution in [0.2, 0.25) is 0 Å². The quantitative estimate of drug-likeness (QED) is 0.159. The van der Waals surface area contributed by atoms with Crippen molar-refractivity contribution in [1.29, 1.82) is 0 Å². The van der Waals surface area contributed by atoms with E-state index in [1.807, 2.05) is 54.6 Å². The fraction of sp³-hybridized carbons (Fsp3) is 0.125. The van der Waals surface area contributed by atoms with E-state index in [4.69, 9.17) is 9.47 Å². The Morgan fingerprint density at radius 3 is 2.31 bits per heavy atom. The van der Waals surface area contributed by atoms with E-state index in [-0.39, 0.29) is 12.1 Å². The molecule has 196 valence electrons. The van der Waals surface area contributed by atoms with Crippen LogP contribution in [0.5, 0.6) is 11.5 Å². The molecule has 0 fully saturated rings. The summed E-state index contributed by atoms with van der Waals surface area (Å²) in [6.07, 6.45) is -2.49. The topological polar surface area (TPSA) is 48.4 Å². The van der Waals surface area contributed by atoms with Crippen molar-refractivity contribution in [2.75, 3.05) is 0 Å².